The Morgan fingerprint density at radius 3 is 1.56 bits per heavy atom. The average molecular weight is 121 g/mol. The SMILES string of the molecule is [N-]=[N+]=[N-].c1ccncc1. The molecule has 1 rings (SSSR count). The van der Waals surface area contributed by atoms with Crippen LogP contribution in [0.5, 0.6) is 0 Å². The first-order chi connectivity index (χ1) is 4.41. The molecule has 0 saturated carbocycles. The molecule has 0 N–H and O–H groups in total. The zero-order valence-electron chi connectivity index (χ0n) is 4.68. The Morgan fingerprint density at radius 2 is 1.44 bits per heavy atom. The fraction of sp³-hybridized carbons (Fsp3) is 0. The van der Waals surface area contributed by atoms with Gasteiger partial charge in [-0.25, -0.2) is 0 Å². The maximum Gasteiger partial charge on any atom is 0.0267 e. The minimum absolute atomic E-state index is 1.50. The van der Waals surface area contributed by atoms with Gasteiger partial charge in [-0.3, -0.25) is 9.90 Å². The maximum absolute atomic E-state index is 6.75. The highest BCUT2D eigenvalue weighted by molar-refractivity contribution is 4.88. The fourth-order valence-electron chi connectivity index (χ4n) is 0.313. The topological polar surface area (TPSA) is 71.6 Å². The van der Waals surface area contributed by atoms with Crippen molar-refractivity contribution in [1.82, 2.24) is 4.98 Å². The predicted molar refractivity (Wildman–Crippen MR) is 34.3 cm³/mol. The molecule has 0 aromatic carbocycles. The molecular weight excluding hydrogens is 116 g/mol. The first kappa shape index (κ1) is 7.46. The summed E-state index contributed by atoms with van der Waals surface area (Å²) in [5.41, 5.74) is 13.5. The lowest BCUT2D eigenvalue weighted by atomic mass is 10.5. The Bertz CT molecular complexity index is 139. The number of aromatic nitrogens is 1. The van der Waals surface area contributed by atoms with Crippen LogP contribution >= 0.6 is 0 Å². The van der Waals surface area contributed by atoms with E-state index in [0.29, 0.717) is 0 Å². The number of nitrogens with zero attached hydrogens (tertiary/aromatic N) is 4. The Hall–Kier alpha value is -1.54. The molecule has 0 bridgehead atoms. The van der Waals surface area contributed by atoms with Crippen molar-refractivity contribution in [2.45, 2.75) is 0 Å². The van der Waals surface area contributed by atoms with E-state index in [4.69, 9.17) is 11.1 Å². The molecular formula is C5H5N4-. The molecule has 9 heavy (non-hydrogen) atoms. The van der Waals surface area contributed by atoms with Gasteiger partial charge in [0.2, 0.25) is 0 Å². The summed E-state index contributed by atoms with van der Waals surface area (Å²) in [7, 11) is 0. The van der Waals surface area contributed by atoms with Crippen LogP contribution in [-0.2, 0) is 0 Å². The molecule has 0 atom stereocenters. The van der Waals surface area contributed by atoms with Gasteiger partial charge in [0.15, 0.2) is 0 Å². The molecule has 0 radical (unpaired) electrons. The second-order valence-electron chi connectivity index (χ2n) is 1.11. The first-order valence-corrected chi connectivity index (χ1v) is 2.25. The molecule has 0 fully saturated rings. The summed E-state index contributed by atoms with van der Waals surface area (Å²) in [6.45, 7) is 0. The van der Waals surface area contributed by atoms with Crippen molar-refractivity contribution in [3.8, 4) is 0 Å². The van der Waals surface area contributed by atoms with Gasteiger partial charge in [0, 0.05) is 12.4 Å². The van der Waals surface area contributed by atoms with Crippen LogP contribution in [0.2, 0.25) is 0 Å². The molecule has 0 saturated heterocycles. The number of rotatable bonds is 0. The molecule has 46 valence electrons. The Labute approximate surface area is 52.6 Å². The zero-order valence-corrected chi connectivity index (χ0v) is 4.68. The Balaban J connectivity index is 0.000000187. The van der Waals surface area contributed by atoms with Gasteiger partial charge in [0.1, 0.15) is 0 Å². The van der Waals surface area contributed by atoms with Crippen LogP contribution in [0, 0.1) is 0 Å². The molecule has 4 nitrogen and oxygen atoms in total. The van der Waals surface area contributed by atoms with Crippen molar-refractivity contribution in [3.63, 3.8) is 0 Å². The van der Waals surface area contributed by atoms with Crippen LogP contribution < -0.4 is 0 Å². The maximum atomic E-state index is 6.75. The highest BCUT2D eigenvalue weighted by Crippen LogP contribution is 1.73. The van der Waals surface area contributed by atoms with Crippen LogP contribution in [0.25, 0.3) is 16.0 Å². The van der Waals surface area contributed by atoms with Crippen molar-refractivity contribution in [3.05, 3.63) is 46.6 Å². The van der Waals surface area contributed by atoms with E-state index in [1.54, 1.807) is 12.4 Å². The lowest BCUT2D eigenvalue weighted by Crippen LogP contribution is -1.58. The van der Waals surface area contributed by atoms with E-state index in [1.807, 2.05) is 18.2 Å². The van der Waals surface area contributed by atoms with E-state index in [0.717, 1.165) is 0 Å². The van der Waals surface area contributed by atoms with E-state index < -0.39 is 0 Å². The van der Waals surface area contributed by atoms with Crippen LogP contribution in [0.15, 0.2) is 30.6 Å². The number of hydrogen-bond donors (Lipinski definition) is 0. The standard InChI is InChI=1S/C5H5N.N3/c1-2-4-6-5-3-1;1-3-2/h1-5H;/q;-1. The van der Waals surface area contributed by atoms with Crippen molar-refractivity contribution in [2.24, 2.45) is 0 Å². The van der Waals surface area contributed by atoms with Gasteiger partial charge >= 0.3 is 0 Å². The molecule has 0 aliphatic rings. The van der Waals surface area contributed by atoms with E-state index in [2.05, 4.69) is 4.98 Å². The minimum atomic E-state index is 1.50. The van der Waals surface area contributed by atoms with E-state index in [1.165, 1.54) is 4.91 Å². The van der Waals surface area contributed by atoms with E-state index in [-0.39, 0.29) is 0 Å². The second kappa shape index (κ2) is 6.46. The molecule has 0 aliphatic carbocycles. The molecule has 0 unspecified atom stereocenters. The van der Waals surface area contributed by atoms with Gasteiger partial charge in [-0.15, -0.1) is 0 Å². The summed E-state index contributed by atoms with van der Waals surface area (Å²) in [4.78, 5) is 5.28. The van der Waals surface area contributed by atoms with Gasteiger partial charge in [-0.05, 0) is 12.1 Å². The normalized spacial score (nSPS) is 6.22. The lowest BCUT2D eigenvalue weighted by Gasteiger charge is -1.70. The van der Waals surface area contributed by atoms with Crippen molar-refractivity contribution in [2.75, 3.05) is 0 Å². The third-order valence-corrected chi connectivity index (χ3v) is 0.566. The predicted octanol–water partition coefficient (Wildman–Crippen LogP) is 1.95. The minimum Gasteiger partial charge on any atom is -0.373 e. The quantitative estimate of drug-likeness (QED) is 0.293. The van der Waals surface area contributed by atoms with Crippen molar-refractivity contribution in [1.29, 1.82) is 0 Å². The smallest absolute Gasteiger partial charge is 0.0267 e. The van der Waals surface area contributed by atoms with E-state index >= 15 is 0 Å². The number of pyridine rings is 1. The Morgan fingerprint density at radius 1 is 1.00 bits per heavy atom. The van der Waals surface area contributed by atoms with Gasteiger partial charge in [0.25, 0.3) is 0 Å². The van der Waals surface area contributed by atoms with Crippen molar-refractivity contribution >= 4 is 0 Å². The zero-order chi connectivity index (χ0) is 6.95. The van der Waals surface area contributed by atoms with Gasteiger partial charge in [-0.1, -0.05) is 6.07 Å². The average Bonchev–Trinajstić information content (AvgIpc) is 1.93. The molecule has 1 aromatic heterocycles. The molecule has 1 aromatic rings. The summed E-state index contributed by atoms with van der Waals surface area (Å²) in [5, 5.41) is 0. The molecule has 0 spiro atoms. The van der Waals surface area contributed by atoms with Gasteiger partial charge in [-0.2, -0.15) is 0 Å². The summed E-state index contributed by atoms with van der Waals surface area (Å²) in [5.74, 6) is 0. The first-order valence-electron chi connectivity index (χ1n) is 2.25. The Kier molecular flexibility index (Phi) is 5.35. The van der Waals surface area contributed by atoms with Gasteiger partial charge in [0.05, 0.1) is 0 Å². The summed E-state index contributed by atoms with van der Waals surface area (Å²) >= 11 is 0. The lowest BCUT2D eigenvalue weighted by molar-refractivity contribution is 1.33. The van der Waals surface area contributed by atoms with Crippen LogP contribution in [-0.4, -0.2) is 4.98 Å². The largest absolute Gasteiger partial charge is 0.373 e. The molecule has 1 heterocycles. The van der Waals surface area contributed by atoms with E-state index in [9.17, 15) is 0 Å². The summed E-state index contributed by atoms with van der Waals surface area (Å²) in [6.07, 6.45) is 3.50. The summed E-state index contributed by atoms with van der Waals surface area (Å²) < 4.78 is 0. The highest BCUT2D eigenvalue weighted by atomic mass is 15.0. The number of hydrogen-bond acceptors (Lipinski definition) is 1. The van der Waals surface area contributed by atoms with Crippen LogP contribution in [0.3, 0.4) is 0 Å². The fourth-order valence-corrected chi connectivity index (χ4v) is 0.313. The highest BCUT2D eigenvalue weighted by Gasteiger charge is 1.58. The second-order valence-corrected chi connectivity index (χ2v) is 1.11. The molecule has 0 aliphatic heterocycles. The molecule has 0 amide bonds. The third-order valence-electron chi connectivity index (χ3n) is 0.566. The third kappa shape index (κ3) is 6.46. The van der Waals surface area contributed by atoms with Crippen molar-refractivity contribution < 1.29 is 0 Å². The molecule has 4 heteroatoms. The van der Waals surface area contributed by atoms with Gasteiger partial charge < -0.3 is 11.1 Å². The monoisotopic (exact) mass is 121 g/mol. The van der Waals surface area contributed by atoms with Crippen LogP contribution in [0.1, 0.15) is 0 Å². The summed E-state index contributed by atoms with van der Waals surface area (Å²) in [6, 6.07) is 5.72. The van der Waals surface area contributed by atoms with Crippen LogP contribution in [0.4, 0.5) is 0 Å².